The smallest absolute Gasteiger partial charge is 0.155 e. The second-order valence-corrected chi connectivity index (χ2v) is 9.83. The van der Waals surface area contributed by atoms with Crippen LogP contribution in [0.1, 0.15) is 12.0 Å². The Morgan fingerprint density at radius 2 is 1.59 bits per heavy atom. The van der Waals surface area contributed by atoms with E-state index in [1.54, 1.807) is 0 Å². The zero-order valence-electron chi connectivity index (χ0n) is 9.70. The lowest BCUT2D eigenvalue weighted by Crippen LogP contribution is -2.56. The first-order chi connectivity index (χ1) is 8.31. The molecule has 1 heterocycles. The van der Waals surface area contributed by atoms with Gasteiger partial charge in [-0.1, -0.05) is 54.6 Å². The third-order valence-corrected chi connectivity index (χ3v) is 9.11. The molecule has 17 heavy (non-hydrogen) atoms. The minimum atomic E-state index is -1.96. The molecule has 0 radical (unpaired) electrons. The fourth-order valence-corrected chi connectivity index (χ4v) is 7.45. The SMILES string of the molecule is Cl[Si@]1(c2ccccc2)CCCc2ccccc21. The van der Waals surface area contributed by atoms with Crippen molar-refractivity contribution in [2.45, 2.75) is 18.9 Å². The molecule has 1 aliphatic rings. The van der Waals surface area contributed by atoms with Crippen molar-refractivity contribution < 1.29 is 0 Å². The Labute approximate surface area is 108 Å². The van der Waals surface area contributed by atoms with Crippen molar-refractivity contribution in [2.24, 2.45) is 0 Å². The first kappa shape index (κ1) is 11.1. The van der Waals surface area contributed by atoms with Gasteiger partial charge in [0.1, 0.15) is 0 Å². The Balaban J connectivity index is 2.16. The summed E-state index contributed by atoms with van der Waals surface area (Å²) in [6, 6.07) is 20.5. The highest BCUT2D eigenvalue weighted by molar-refractivity contribution is 7.34. The van der Waals surface area contributed by atoms with Crippen molar-refractivity contribution in [1.82, 2.24) is 0 Å². The standard InChI is InChI=1S/C15H15ClSi/c16-17(14-9-2-1-3-10-14)12-6-8-13-7-4-5-11-15(13)17/h1-5,7,9-11H,6,8,12H2/t17-/m0/s1. The Bertz CT molecular complexity index is 523. The van der Waals surface area contributed by atoms with Gasteiger partial charge in [0.25, 0.3) is 0 Å². The highest BCUT2D eigenvalue weighted by Crippen LogP contribution is 2.25. The van der Waals surface area contributed by atoms with Crippen LogP contribution >= 0.6 is 11.1 Å². The fraction of sp³-hybridized carbons (Fsp3) is 0.200. The van der Waals surface area contributed by atoms with E-state index in [1.807, 2.05) is 0 Å². The Morgan fingerprint density at radius 1 is 0.882 bits per heavy atom. The predicted octanol–water partition coefficient (Wildman–Crippen LogP) is 2.93. The maximum absolute atomic E-state index is 7.07. The average molecular weight is 259 g/mol. The summed E-state index contributed by atoms with van der Waals surface area (Å²) in [7, 11) is -1.96. The maximum atomic E-state index is 7.07. The highest BCUT2D eigenvalue weighted by atomic mass is 35.6. The summed E-state index contributed by atoms with van der Waals surface area (Å²) in [5.74, 6) is 0. The van der Waals surface area contributed by atoms with Crippen LogP contribution in [0.2, 0.25) is 6.04 Å². The molecule has 0 spiro atoms. The molecule has 0 N–H and O–H groups in total. The number of halogens is 1. The molecule has 0 aliphatic carbocycles. The molecule has 0 fully saturated rings. The van der Waals surface area contributed by atoms with Crippen LogP contribution in [0.4, 0.5) is 0 Å². The van der Waals surface area contributed by atoms with Gasteiger partial charge in [0, 0.05) is 0 Å². The zero-order chi connectivity index (χ0) is 11.7. The molecule has 86 valence electrons. The second-order valence-electron chi connectivity index (χ2n) is 4.68. The molecule has 2 aromatic rings. The Morgan fingerprint density at radius 3 is 2.41 bits per heavy atom. The first-order valence-electron chi connectivity index (χ1n) is 6.13. The highest BCUT2D eigenvalue weighted by Gasteiger charge is 2.38. The Kier molecular flexibility index (Phi) is 2.81. The third kappa shape index (κ3) is 1.84. The molecule has 0 saturated heterocycles. The number of benzene rings is 2. The number of rotatable bonds is 1. The molecule has 3 rings (SSSR count). The molecule has 2 aromatic carbocycles. The van der Waals surface area contributed by atoms with Crippen LogP contribution in [0, 0.1) is 0 Å². The number of fused-ring (bicyclic) bond motifs is 1. The van der Waals surface area contributed by atoms with Gasteiger partial charge in [-0.3, -0.25) is 0 Å². The minimum absolute atomic E-state index is 1.16. The molecule has 2 heteroatoms. The van der Waals surface area contributed by atoms with Crippen molar-refractivity contribution in [1.29, 1.82) is 0 Å². The van der Waals surface area contributed by atoms with Crippen molar-refractivity contribution in [3.8, 4) is 0 Å². The molecule has 0 saturated carbocycles. The molecular weight excluding hydrogens is 244 g/mol. The van der Waals surface area contributed by atoms with Crippen LogP contribution in [0.5, 0.6) is 0 Å². The quantitative estimate of drug-likeness (QED) is 0.545. The third-order valence-electron chi connectivity index (χ3n) is 3.64. The lowest BCUT2D eigenvalue weighted by molar-refractivity contribution is 0.898. The number of hydrogen-bond acceptors (Lipinski definition) is 0. The van der Waals surface area contributed by atoms with Gasteiger partial charge < -0.3 is 0 Å². The van der Waals surface area contributed by atoms with Crippen molar-refractivity contribution in [3.05, 3.63) is 60.2 Å². The van der Waals surface area contributed by atoms with Crippen LogP contribution in [0.15, 0.2) is 54.6 Å². The van der Waals surface area contributed by atoms with E-state index in [1.165, 1.54) is 28.8 Å². The molecule has 1 aliphatic heterocycles. The zero-order valence-corrected chi connectivity index (χ0v) is 11.5. The summed E-state index contributed by atoms with van der Waals surface area (Å²) in [6.07, 6.45) is 2.41. The largest absolute Gasteiger partial charge is 0.217 e. The lowest BCUT2D eigenvalue weighted by Gasteiger charge is -2.31. The number of hydrogen-bond donors (Lipinski definition) is 0. The van der Waals surface area contributed by atoms with Gasteiger partial charge in [0.2, 0.25) is 7.38 Å². The monoisotopic (exact) mass is 258 g/mol. The average Bonchev–Trinajstić information content (AvgIpc) is 2.40. The first-order valence-corrected chi connectivity index (χ1v) is 9.35. The van der Waals surface area contributed by atoms with Gasteiger partial charge in [-0.2, -0.15) is 11.1 Å². The predicted molar refractivity (Wildman–Crippen MR) is 76.9 cm³/mol. The van der Waals surface area contributed by atoms with Crippen LogP contribution < -0.4 is 10.4 Å². The summed E-state index contributed by atoms with van der Waals surface area (Å²) in [6.45, 7) is 0. The Hall–Kier alpha value is -1.05. The van der Waals surface area contributed by atoms with E-state index in [9.17, 15) is 0 Å². The van der Waals surface area contributed by atoms with Gasteiger partial charge in [-0.25, -0.2) is 0 Å². The molecule has 0 nitrogen and oxygen atoms in total. The molecule has 0 bridgehead atoms. The van der Waals surface area contributed by atoms with Crippen molar-refractivity contribution >= 4 is 28.8 Å². The summed E-state index contributed by atoms with van der Waals surface area (Å²) in [5.41, 5.74) is 1.46. The van der Waals surface area contributed by atoms with E-state index in [4.69, 9.17) is 11.1 Å². The minimum Gasteiger partial charge on any atom is -0.155 e. The maximum Gasteiger partial charge on any atom is 0.217 e. The van der Waals surface area contributed by atoms with Gasteiger partial charge in [-0.05, 0) is 34.8 Å². The van der Waals surface area contributed by atoms with Gasteiger partial charge in [0.15, 0.2) is 0 Å². The van der Waals surface area contributed by atoms with E-state index in [-0.39, 0.29) is 0 Å². The lowest BCUT2D eigenvalue weighted by atomic mass is 10.1. The molecular formula is C15H15ClSi. The van der Waals surface area contributed by atoms with E-state index >= 15 is 0 Å². The van der Waals surface area contributed by atoms with E-state index in [0.29, 0.717) is 0 Å². The van der Waals surface area contributed by atoms with Crippen LogP contribution in [-0.4, -0.2) is 7.38 Å². The normalized spacial score (nSPS) is 23.1. The summed E-state index contributed by atoms with van der Waals surface area (Å²) in [4.78, 5) is 0. The van der Waals surface area contributed by atoms with Crippen molar-refractivity contribution in [3.63, 3.8) is 0 Å². The number of aryl methyl sites for hydroxylation is 1. The molecule has 1 atom stereocenters. The second kappa shape index (κ2) is 4.32. The summed E-state index contributed by atoms with van der Waals surface area (Å²) < 4.78 is 0. The van der Waals surface area contributed by atoms with E-state index < -0.39 is 7.38 Å². The topological polar surface area (TPSA) is 0 Å². The molecule has 0 unspecified atom stereocenters. The van der Waals surface area contributed by atoms with Crippen LogP contribution in [0.3, 0.4) is 0 Å². The van der Waals surface area contributed by atoms with Crippen LogP contribution in [-0.2, 0) is 6.42 Å². The van der Waals surface area contributed by atoms with E-state index in [0.717, 1.165) is 6.04 Å². The summed E-state index contributed by atoms with van der Waals surface area (Å²) in [5, 5.41) is 2.79. The van der Waals surface area contributed by atoms with Gasteiger partial charge in [-0.15, -0.1) is 0 Å². The van der Waals surface area contributed by atoms with Crippen molar-refractivity contribution in [2.75, 3.05) is 0 Å². The van der Waals surface area contributed by atoms with E-state index in [2.05, 4.69) is 54.6 Å². The van der Waals surface area contributed by atoms with Gasteiger partial charge >= 0.3 is 0 Å². The van der Waals surface area contributed by atoms with Crippen LogP contribution in [0.25, 0.3) is 0 Å². The fourth-order valence-electron chi connectivity index (χ4n) is 2.78. The summed E-state index contributed by atoms with van der Waals surface area (Å²) >= 11 is 7.07. The van der Waals surface area contributed by atoms with Gasteiger partial charge in [0.05, 0.1) is 0 Å². The molecule has 0 amide bonds. The molecule has 0 aromatic heterocycles.